The lowest BCUT2D eigenvalue weighted by atomic mass is 10.1. The second kappa shape index (κ2) is 4.01. The third-order valence-electron chi connectivity index (χ3n) is 2.89. The largest absolute Gasteiger partial charge is 0.268 e. The van der Waals surface area contributed by atoms with Crippen LogP contribution in [0.3, 0.4) is 0 Å². The minimum absolute atomic E-state index is 0.506. The smallest absolute Gasteiger partial charge is 0.110 e. The quantitative estimate of drug-likeness (QED) is 0.848. The Morgan fingerprint density at radius 1 is 1.29 bits per heavy atom. The standard InChI is InChI=1S/C13H10BrN3/c14-11-3-1-9(2-4-11)13-10(7-15)8-17(16-13)12-5-6-12/h1-4,8,12H,5-6H2. The fourth-order valence-corrected chi connectivity index (χ4v) is 2.08. The molecule has 17 heavy (non-hydrogen) atoms. The van der Waals surface area contributed by atoms with Crippen LogP contribution in [0.1, 0.15) is 24.4 Å². The summed E-state index contributed by atoms with van der Waals surface area (Å²) in [6.07, 6.45) is 4.20. The first-order valence-corrected chi connectivity index (χ1v) is 6.32. The second-order valence-electron chi connectivity index (χ2n) is 4.22. The first-order chi connectivity index (χ1) is 8.28. The van der Waals surface area contributed by atoms with E-state index in [-0.39, 0.29) is 0 Å². The van der Waals surface area contributed by atoms with Gasteiger partial charge in [-0.15, -0.1) is 0 Å². The van der Waals surface area contributed by atoms with Gasteiger partial charge in [0.05, 0.1) is 11.6 Å². The molecule has 0 radical (unpaired) electrons. The minimum atomic E-state index is 0.506. The van der Waals surface area contributed by atoms with Gasteiger partial charge in [-0.1, -0.05) is 28.1 Å². The number of hydrogen-bond acceptors (Lipinski definition) is 2. The summed E-state index contributed by atoms with van der Waals surface area (Å²) in [7, 11) is 0. The molecule has 0 amide bonds. The van der Waals surface area contributed by atoms with E-state index >= 15 is 0 Å². The summed E-state index contributed by atoms with van der Waals surface area (Å²) < 4.78 is 2.96. The van der Waals surface area contributed by atoms with Crippen LogP contribution in [-0.4, -0.2) is 9.78 Å². The van der Waals surface area contributed by atoms with Crippen LogP contribution < -0.4 is 0 Å². The molecule has 0 aliphatic heterocycles. The van der Waals surface area contributed by atoms with Gasteiger partial charge < -0.3 is 0 Å². The molecule has 3 rings (SSSR count). The Bertz CT molecular complexity index is 588. The van der Waals surface area contributed by atoms with Crippen LogP contribution in [0.2, 0.25) is 0 Å². The molecule has 0 unspecified atom stereocenters. The second-order valence-corrected chi connectivity index (χ2v) is 5.14. The van der Waals surface area contributed by atoms with Crippen molar-refractivity contribution in [1.82, 2.24) is 9.78 Å². The molecule has 84 valence electrons. The Hall–Kier alpha value is -1.60. The van der Waals surface area contributed by atoms with Crippen LogP contribution in [0.5, 0.6) is 0 Å². The highest BCUT2D eigenvalue weighted by Gasteiger charge is 2.26. The molecule has 1 saturated carbocycles. The molecule has 1 aliphatic carbocycles. The van der Waals surface area contributed by atoms with Gasteiger partial charge in [-0.05, 0) is 25.0 Å². The molecule has 1 fully saturated rings. The van der Waals surface area contributed by atoms with Gasteiger partial charge in [0.15, 0.2) is 0 Å². The average Bonchev–Trinajstić information content (AvgIpc) is 3.10. The monoisotopic (exact) mass is 287 g/mol. The van der Waals surface area contributed by atoms with Gasteiger partial charge in [-0.2, -0.15) is 10.4 Å². The fraction of sp³-hybridized carbons (Fsp3) is 0.231. The Labute approximate surface area is 108 Å². The molecule has 3 nitrogen and oxygen atoms in total. The van der Waals surface area contributed by atoms with Crippen molar-refractivity contribution in [3.05, 3.63) is 40.5 Å². The number of rotatable bonds is 2. The Balaban J connectivity index is 2.06. The van der Waals surface area contributed by atoms with Gasteiger partial charge in [-0.25, -0.2) is 0 Å². The highest BCUT2D eigenvalue weighted by Crippen LogP contribution is 2.36. The fourth-order valence-electron chi connectivity index (χ4n) is 1.82. The Morgan fingerprint density at radius 2 is 2.00 bits per heavy atom. The number of nitriles is 1. The van der Waals surface area contributed by atoms with E-state index in [1.54, 1.807) is 0 Å². The summed E-state index contributed by atoms with van der Waals surface area (Å²) in [6, 6.07) is 10.6. The van der Waals surface area contributed by atoms with Crippen LogP contribution in [0.4, 0.5) is 0 Å². The molecule has 0 N–H and O–H groups in total. The topological polar surface area (TPSA) is 41.6 Å². The molecule has 2 aromatic rings. The molecule has 0 bridgehead atoms. The number of nitrogens with zero attached hydrogens (tertiary/aromatic N) is 3. The maximum absolute atomic E-state index is 9.14. The van der Waals surface area contributed by atoms with E-state index in [0.29, 0.717) is 11.6 Å². The maximum atomic E-state index is 9.14. The predicted molar refractivity (Wildman–Crippen MR) is 68.3 cm³/mol. The SMILES string of the molecule is N#Cc1cn(C2CC2)nc1-c1ccc(Br)cc1. The lowest BCUT2D eigenvalue weighted by Gasteiger charge is -1.98. The first-order valence-electron chi connectivity index (χ1n) is 5.53. The molecule has 0 atom stereocenters. The van der Waals surface area contributed by atoms with Crippen molar-refractivity contribution in [1.29, 1.82) is 5.26 Å². The molecule has 0 saturated heterocycles. The summed E-state index contributed by atoms with van der Waals surface area (Å²) in [6.45, 7) is 0. The maximum Gasteiger partial charge on any atom is 0.110 e. The molecule has 1 aromatic carbocycles. The van der Waals surface area contributed by atoms with E-state index in [0.717, 1.165) is 15.7 Å². The highest BCUT2D eigenvalue weighted by atomic mass is 79.9. The third-order valence-corrected chi connectivity index (χ3v) is 3.42. The summed E-state index contributed by atoms with van der Waals surface area (Å²) in [5.41, 5.74) is 2.43. The normalized spacial score (nSPS) is 14.6. The zero-order chi connectivity index (χ0) is 11.8. The van der Waals surface area contributed by atoms with Crippen LogP contribution in [-0.2, 0) is 0 Å². The lowest BCUT2D eigenvalue weighted by molar-refractivity contribution is 0.643. The Morgan fingerprint density at radius 3 is 2.59 bits per heavy atom. The van der Waals surface area contributed by atoms with Gasteiger partial charge in [0, 0.05) is 16.2 Å². The average molecular weight is 288 g/mol. The Kier molecular flexibility index (Phi) is 2.49. The van der Waals surface area contributed by atoms with Crippen molar-refractivity contribution in [2.45, 2.75) is 18.9 Å². The molecular formula is C13H10BrN3. The van der Waals surface area contributed by atoms with Gasteiger partial charge in [0.25, 0.3) is 0 Å². The van der Waals surface area contributed by atoms with Crippen molar-refractivity contribution < 1.29 is 0 Å². The van der Waals surface area contributed by atoms with Crippen LogP contribution >= 0.6 is 15.9 Å². The van der Waals surface area contributed by atoms with Crippen molar-refractivity contribution in [3.8, 4) is 17.3 Å². The zero-order valence-corrected chi connectivity index (χ0v) is 10.7. The summed E-state index contributed by atoms with van der Waals surface area (Å²) in [5.74, 6) is 0. The molecule has 0 spiro atoms. The molecule has 1 aliphatic rings. The van der Waals surface area contributed by atoms with E-state index in [1.165, 1.54) is 12.8 Å². The molecular weight excluding hydrogens is 278 g/mol. The molecule has 4 heteroatoms. The van der Waals surface area contributed by atoms with Gasteiger partial charge in [0.1, 0.15) is 11.8 Å². The van der Waals surface area contributed by atoms with Crippen LogP contribution in [0.15, 0.2) is 34.9 Å². The highest BCUT2D eigenvalue weighted by molar-refractivity contribution is 9.10. The lowest BCUT2D eigenvalue weighted by Crippen LogP contribution is -1.93. The van der Waals surface area contributed by atoms with Crippen molar-refractivity contribution in [2.75, 3.05) is 0 Å². The number of benzene rings is 1. The molecule has 1 aromatic heterocycles. The third kappa shape index (κ3) is 1.98. The summed E-state index contributed by atoms with van der Waals surface area (Å²) in [4.78, 5) is 0. The number of halogens is 1. The number of hydrogen-bond donors (Lipinski definition) is 0. The van der Waals surface area contributed by atoms with Crippen LogP contribution in [0, 0.1) is 11.3 Å². The zero-order valence-electron chi connectivity index (χ0n) is 9.10. The van der Waals surface area contributed by atoms with Crippen molar-refractivity contribution in [2.24, 2.45) is 0 Å². The summed E-state index contributed by atoms with van der Waals surface area (Å²) >= 11 is 3.40. The van der Waals surface area contributed by atoms with Gasteiger partial charge in [-0.3, -0.25) is 4.68 Å². The number of aromatic nitrogens is 2. The van der Waals surface area contributed by atoms with Gasteiger partial charge in [0.2, 0.25) is 0 Å². The van der Waals surface area contributed by atoms with E-state index in [1.807, 2.05) is 35.1 Å². The van der Waals surface area contributed by atoms with E-state index in [2.05, 4.69) is 27.1 Å². The van der Waals surface area contributed by atoms with E-state index < -0.39 is 0 Å². The summed E-state index contributed by atoms with van der Waals surface area (Å²) in [5, 5.41) is 13.7. The molecule has 1 heterocycles. The van der Waals surface area contributed by atoms with E-state index in [9.17, 15) is 0 Å². The predicted octanol–water partition coefficient (Wildman–Crippen LogP) is 3.52. The van der Waals surface area contributed by atoms with Gasteiger partial charge >= 0.3 is 0 Å². The van der Waals surface area contributed by atoms with E-state index in [4.69, 9.17) is 5.26 Å². The van der Waals surface area contributed by atoms with Crippen LogP contribution in [0.25, 0.3) is 11.3 Å². The first kappa shape index (κ1) is 10.5. The van der Waals surface area contributed by atoms with Crippen molar-refractivity contribution in [3.63, 3.8) is 0 Å². The van der Waals surface area contributed by atoms with Crippen molar-refractivity contribution >= 4 is 15.9 Å². The minimum Gasteiger partial charge on any atom is -0.268 e.